The van der Waals surface area contributed by atoms with Gasteiger partial charge in [-0.2, -0.15) is 0 Å². The summed E-state index contributed by atoms with van der Waals surface area (Å²) in [6.45, 7) is 2.26. The van der Waals surface area contributed by atoms with Crippen LogP contribution >= 0.6 is 0 Å². The Bertz CT molecular complexity index is 237. The van der Waals surface area contributed by atoms with Gasteiger partial charge in [-0.25, -0.2) is 8.42 Å². The van der Waals surface area contributed by atoms with Gasteiger partial charge in [-0.05, 0) is 31.1 Å². The zero-order valence-corrected chi connectivity index (χ0v) is 8.78. The Kier molecular flexibility index (Phi) is 2.81. The van der Waals surface area contributed by atoms with Gasteiger partial charge in [0.05, 0.1) is 0 Å². The summed E-state index contributed by atoms with van der Waals surface area (Å²) in [5, 5.41) is 0. The van der Waals surface area contributed by atoms with Crippen LogP contribution in [-0.2, 0) is 9.84 Å². The van der Waals surface area contributed by atoms with E-state index in [0.717, 1.165) is 12.8 Å². The summed E-state index contributed by atoms with van der Waals surface area (Å²) < 4.78 is 21.6. The van der Waals surface area contributed by atoms with Gasteiger partial charge >= 0.3 is 0 Å². The molecule has 0 heterocycles. The second kappa shape index (κ2) is 3.36. The Morgan fingerprint density at radius 2 is 1.92 bits per heavy atom. The van der Waals surface area contributed by atoms with E-state index in [1.807, 2.05) is 0 Å². The molecule has 72 valence electrons. The van der Waals surface area contributed by atoms with Crippen molar-refractivity contribution < 1.29 is 8.42 Å². The summed E-state index contributed by atoms with van der Waals surface area (Å²) in [6, 6.07) is 0. The first kappa shape index (κ1) is 10.0. The third-order valence-corrected chi connectivity index (χ3v) is 3.89. The SMILES string of the molecule is CC1(CCCS(C)(=O)=O)CCC1. The number of hydrogen-bond acceptors (Lipinski definition) is 2. The van der Waals surface area contributed by atoms with Crippen LogP contribution in [0.15, 0.2) is 0 Å². The molecule has 12 heavy (non-hydrogen) atoms. The van der Waals surface area contributed by atoms with Crippen molar-refractivity contribution in [3.63, 3.8) is 0 Å². The Balaban J connectivity index is 2.18. The third-order valence-electron chi connectivity index (χ3n) is 2.86. The van der Waals surface area contributed by atoms with Crippen molar-refractivity contribution >= 4 is 9.84 Å². The molecule has 0 spiro atoms. The van der Waals surface area contributed by atoms with Crippen molar-refractivity contribution in [3.05, 3.63) is 0 Å². The molecule has 0 amide bonds. The van der Waals surface area contributed by atoms with E-state index in [1.54, 1.807) is 0 Å². The Hall–Kier alpha value is -0.0500. The normalized spacial score (nSPS) is 21.8. The lowest BCUT2D eigenvalue weighted by Gasteiger charge is -2.38. The van der Waals surface area contributed by atoms with Crippen LogP contribution in [-0.4, -0.2) is 20.4 Å². The van der Waals surface area contributed by atoms with Gasteiger partial charge in [0.1, 0.15) is 9.84 Å². The zero-order valence-electron chi connectivity index (χ0n) is 7.97. The first-order valence-corrected chi connectivity index (χ1v) is 6.65. The molecular weight excluding hydrogens is 172 g/mol. The molecule has 0 radical (unpaired) electrons. The first-order valence-electron chi connectivity index (χ1n) is 4.59. The quantitative estimate of drug-likeness (QED) is 0.679. The van der Waals surface area contributed by atoms with E-state index in [2.05, 4.69) is 6.92 Å². The fraction of sp³-hybridized carbons (Fsp3) is 1.00. The van der Waals surface area contributed by atoms with E-state index >= 15 is 0 Å². The molecule has 1 saturated carbocycles. The van der Waals surface area contributed by atoms with E-state index in [-0.39, 0.29) is 0 Å². The summed E-state index contributed by atoms with van der Waals surface area (Å²) in [7, 11) is -2.73. The van der Waals surface area contributed by atoms with E-state index in [1.165, 1.54) is 25.5 Å². The fourth-order valence-electron chi connectivity index (χ4n) is 1.79. The van der Waals surface area contributed by atoms with Gasteiger partial charge in [-0.1, -0.05) is 13.3 Å². The molecule has 0 aromatic heterocycles. The van der Waals surface area contributed by atoms with Gasteiger partial charge in [0.2, 0.25) is 0 Å². The minimum Gasteiger partial charge on any atom is -0.229 e. The Labute approximate surface area is 75.3 Å². The highest BCUT2D eigenvalue weighted by atomic mass is 32.2. The predicted molar refractivity (Wildman–Crippen MR) is 50.9 cm³/mol. The molecular formula is C9H18O2S. The highest BCUT2D eigenvalue weighted by Crippen LogP contribution is 2.44. The van der Waals surface area contributed by atoms with Crippen molar-refractivity contribution in [3.8, 4) is 0 Å². The first-order chi connectivity index (χ1) is 5.41. The van der Waals surface area contributed by atoms with Crippen LogP contribution in [0.3, 0.4) is 0 Å². The minimum absolute atomic E-state index is 0.364. The van der Waals surface area contributed by atoms with Gasteiger partial charge in [-0.15, -0.1) is 0 Å². The maximum absolute atomic E-state index is 10.8. The van der Waals surface area contributed by atoms with E-state index in [4.69, 9.17) is 0 Å². The smallest absolute Gasteiger partial charge is 0.147 e. The highest BCUT2D eigenvalue weighted by Gasteiger charge is 2.30. The lowest BCUT2D eigenvalue weighted by atomic mass is 9.68. The van der Waals surface area contributed by atoms with Crippen molar-refractivity contribution in [2.24, 2.45) is 5.41 Å². The topological polar surface area (TPSA) is 34.1 Å². The molecule has 0 bridgehead atoms. The van der Waals surface area contributed by atoms with Gasteiger partial charge in [0.25, 0.3) is 0 Å². The standard InChI is InChI=1S/C9H18O2S/c1-9(5-3-6-9)7-4-8-12(2,10)11/h3-8H2,1-2H3. The van der Waals surface area contributed by atoms with Crippen LogP contribution in [0.2, 0.25) is 0 Å². The molecule has 0 aromatic carbocycles. The van der Waals surface area contributed by atoms with Gasteiger partial charge in [0.15, 0.2) is 0 Å². The molecule has 0 atom stereocenters. The average Bonchev–Trinajstić information content (AvgIpc) is 1.81. The second-order valence-electron chi connectivity index (χ2n) is 4.40. The van der Waals surface area contributed by atoms with Crippen LogP contribution < -0.4 is 0 Å². The lowest BCUT2D eigenvalue weighted by molar-refractivity contribution is 0.145. The maximum atomic E-state index is 10.8. The number of sulfone groups is 1. The largest absolute Gasteiger partial charge is 0.229 e. The molecule has 1 fully saturated rings. The van der Waals surface area contributed by atoms with Crippen LogP contribution in [0.1, 0.15) is 39.0 Å². The van der Waals surface area contributed by atoms with Crippen molar-refractivity contribution in [1.82, 2.24) is 0 Å². The second-order valence-corrected chi connectivity index (χ2v) is 6.66. The van der Waals surface area contributed by atoms with Crippen molar-refractivity contribution in [2.75, 3.05) is 12.0 Å². The van der Waals surface area contributed by atoms with Crippen molar-refractivity contribution in [2.45, 2.75) is 39.0 Å². The van der Waals surface area contributed by atoms with Crippen LogP contribution in [0.25, 0.3) is 0 Å². The van der Waals surface area contributed by atoms with E-state index in [9.17, 15) is 8.42 Å². The monoisotopic (exact) mass is 190 g/mol. The van der Waals surface area contributed by atoms with Gasteiger partial charge in [-0.3, -0.25) is 0 Å². The number of rotatable bonds is 4. The van der Waals surface area contributed by atoms with Crippen LogP contribution in [0.4, 0.5) is 0 Å². The summed E-state index contributed by atoms with van der Waals surface area (Å²) in [5.41, 5.74) is 0.477. The Morgan fingerprint density at radius 1 is 1.33 bits per heavy atom. The van der Waals surface area contributed by atoms with Crippen LogP contribution in [0.5, 0.6) is 0 Å². The molecule has 2 nitrogen and oxygen atoms in total. The summed E-state index contributed by atoms with van der Waals surface area (Å²) in [6.07, 6.45) is 7.15. The highest BCUT2D eigenvalue weighted by molar-refractivity contribution is 7.90. The predicted octanol–water partition coefficient (Wildman–Crippen LogP) is 2.00. The van der Waals surface area contributed by atoms with E-state index in [0.29, 0.717) is 11.2 Å². The number of hydrogen-bond donors (Lipinski definition) is 0. The molecule has 1 rings (SSSR count). The van der Waals surface area contributed by atoms with E-state index < -0.39 is 9.84 Å². The van der Waals surface area contributed by atoms with Gasteiger partial charge in [0, 0.05) is 12.0 Å². The summed E-state index contributed by atoms with van der Waals surface area (Å²) in [5.74, 6) is 0.364. The molecule has 0 N–H and O–H groups in total. The average molecular weight is 190 g/mol. The zero-order chi connectivity index (χ0) is 9.24. The molecule has 1 aliphatic carbocycles. The fourth-order valence-corrected chi connectivity index (χ4v) is 2.46. The minimum atomic E-state index is -2.73. The molecule has 0 aliphatic heterocycles. The Morgan fingerprint density at radius 3 is 2.25 bits per heavy atom. The van der Waals surface area contributed by atoms with Crippen LogP contribution in [0, 0.1) is 5.41 Å². The molecule has 1 aliphatic rings. The summed E-state index contributed by atoms with van der Waals surface area (Å²) >= 11 is 0. The van der Waals surface area contributed by atoms with Crippen molar-refractivity contribution in [1.29, 1.82) is 0 Å². The summed E-state index contributed by atoms with van der Waals surface area (Å²) in [4.78, 5) is 0. The molecule has 0 unspecified atom stereocenters. The molecule has 0 saturated heterocycles. The lowest BCUT2D eigenvalue weighted by Crippen LogP contribution is -2.25. The molecule has 3 heteroatoms. The maximum Gasteiger partial charge on any atom is 0.147 e. The molecule has 0 aromatic rings. The van der Waals surface area contributed by atoms with Gasteiger partial charge < -0.3 is 0 Å². The third kappa shape index (κ3) is 3.13.